The second-order valence-corrected chi connectivity index (χ2v) is 3.95. The van der Waals surface area contributed by atoms with E-state index >= 15 is 0 Å². The van der Waals surface area contributed by atoms with Gasteiger partial charge in [-0.15, -0.1) is 0 Å². The summed E-state index contributed by atoms with van der Waals surface area (Å²) in [5.41, 5.74) is 0.604. The van der Waals surface area contributed by atoms with Gasteiger partial charge in [-0.05, 0) is 26.0 Å². The van der Waals surface area contributed by atoms with Crippen molar-refractivity contribution >= 4 is 11.6 Å². The first kappa shape index (κ1) is 12.1. The van der Waals surface area contributed by atoms with Crippen molar-refractivity contribution in [3.8, 4) is 5.75 Å². The maximum atomic E-state index is 11.8. The van der Waals surface area contributed by atoms with Crippen LogP contribution >= 0.6 is 0 Å². The lowest BCUT2D eigenvalue weighted by Crippen LogP contribution is -2.15. The van der Waals surface area contributed by atoms with Gasteiger partial charge in [-0.1, -0.05) is 12.1 Å². The zero-order chi connectivity index (χ0) is 13.0. The molecule has 0 unspecified atom stereocenters. The number of benzene rings is 1. The van der Waals surface area contributed by atoms with E-state index in [2.05, 4.69) is 20.5 Å². The molecule has 6 heteroatoms. The van der Waals surface area contributed by atoms with E-state index in [1.165, 1.54) is 6.33 Å². The van der Waals surface area contributed by atoms with Gasteiger partial charge in [0, 0.05) is 0 Å². The minimum Gasteiger partial charge on any atom is -0.489 e. The fraction of sp³-hybridized carbons (Fsp3) is 0.250. The highest BCUT2D eigenvalue weighted by atomic mass is 16.5. The Hall–Kier alpha value is -2.37. The van der Waals surface area contributed by atoms with Crippen LogP contribution in [0.2, 0.25) is 0 Å². The van der Waals surface area contributed by atoms with E-state index in [0.29, 0.717) is 11.4 Å². The Balaban J connectivity index is 2.16. The van der Waals surface area contributed by atoms with Crippen molar-refractivity contribution in [2.24, 2.45) is 0 Å². The number of nitrogens with zero attached hydrogens (tertiary/aromatic N) is 2. The lowest BCUT2D eigenvalue weighted by molar-refractivity contribution is 0.101. The van der Waals surface area contributed by atoms with Gasteiger partial charge in [-0.25, -0.2) is 4.98 Å². The first-order chi connectivity index (χ1) is 8.66. The SMILES string of the molecule is CC(C)Oc1ccccc1NC(=O)c1ncn[nH]1. The van der Waals surface area contributed by atoms with Crippen LogP contribution in [-0.4, -0.2) is 27.2 Å². The van der Waals surface area contributed by atoms with Crippen molar-refractivity contribution in [2.75, 3.05) is 5.32 Å². The number of aromatic nitrogens is 3. The third-order valence-electron chi connectivity index (χ3n) is 2.13. The van der Waals surface area contributed by atoms with E-state index in [0.717, 1.165) is 0 Å². The molecule has 6 nitrogen and oxygen atoms in total. The zero-order valence-corrected chi connectivity index (χ0v) is 10.2. The second kappa shape index (κ2) is 5.31. The number of anilines is 1. The Labute approximate surface area is 104 Å². The molecule has 0 fully saturated rings. The smallest absolute Gasteiger partial charge is 0.293 e. The van der Waals surface area contributed by atoms with E-state index in [4.69, 9.17) is 4.74 Å². The molecule has 2 N–H and O–H groups in total. The minimum atomic E-state index is -0.354. The van der Waals surface area contributed by atoms with Crippen LogP contribution < -0.4 is 10.1 Å². The molecular formula is C12H14N4O2. The third-order valence-corrected chi connectivity index (χ3v) is 2.13. The summed E-state index contributed by atoms with van der Waals surface area (Å²) in [5.74, 6) is 0.432. The first-order valence-electron chi connectivity index (χ1n) is 5.59. The molecule has 94 valence electrons. The van der Waals surface area contributed by atoms with E-state index in [-0.39, 0.29) is 17.8 Å². The van der Waals surface area contributed by atoms with Crippen molar-refractivity contribution in [3.05, 3.63) is 36.4 Å². The van der Waals surface area contributed by atoms with Crippen LogP contribution in [0.3, 0.4) is 0 Å². The molecule has 1 heterocycles. The van der Waals surface area contributed by atoms with Gasteiger partial charge in [0.05, 0.1) is 11.8 Å². The molecule has 2 aromatic rings. The summed E-state index contributed by atoms with van der Waals surface area (Å²) in [6, 6.07) is 7.24. The van der Waals surface area contributed by atoms with Crippen LogP contribution in [0.15, 0.2) is 30.6 Å². The number of hydrogen-bond acceptors (Lipinski definition) is 4. The standard InChI is InChI=1S/C12H14N4O2/c1-8(2)18-10-6-4-3-5-9(10)15-12(17)11-13-7-14-16-11/h3-8H,1-2H3,(H,15,17)(H,13,14,16). The summed E-state index contributed by atoms with van der Waals surface area (Å²) in [7, 11) is 0. The highest BCUT2D eigenvalue weighted by Gasteiger charge is 2.12. The van der Waals surface area contributed by atoms with Gasteiger partial charge >= 0.3 is 0 Å². The van der Waals surface area contributed by atoms with E-state index in [9.17, 15) is 4.79 Å². The van der Waals surface area contributed by atoms with Crippen LogP contribution in [0, 0.1) is 0 Å². The van der Waals surface area contributed by atoms with E-state index in [1.807, 2.05) is 26.0 Å². The molecule has 1 aromatic carbocycles. The molecule has 0 saturated heterocycles. The predicted octanol–water partition coefficient (Wildman–Crippen LogP) is 1.84. The van der Waals surface area contributed by atoms with Crippen LogP contribution in [0.1, 0.15) is 24.5 Å². The number of ether oxygens (including phenoxy) is 1. The van der Waals surface area contributed by atoms with Crippen LogP contribution in [-0.2, 0) is 0 Å². The van der Waals surface area contributed by atoms with Crippen molar-refractivity contribution in [1.82, 2.24) is 15.2 Å². The number of aromatic amines is 1. The zero-order valence-electron chi connectivity index (χ0n) is 10.2. The van der Waals surface area contributed by atoms with E-state index < -0.39 is 0 Å². The van der Waals surface area contributed by atoms with Crippen molar-refractivity contribution < 1.29 is 9.53 Å². The predicted molar refractivity (Wildman–Crippen MR) is 66.5 cm³/mol. The molecule has 0 aliphatic heterocycles. The molecule has 2 rings (SSSR count). The second-order valence-electron chi connectivity index (χ2n) is 3.95. The number of nitrogens with one attached hydrogen (secondary N) is 2. The summed E-state index contributed by atoms with van der Waals surface area (Å²) < 4.78 is 5.60. The fourth-order valence-electron chi connectivity index (χ4n) is 1.42. The largest absolute Gasteiger partial charge is 0.489 e. The summed E-state index contributed by atoms with van der Waals surface area (Å²) in [6.07, 6.45) is 1.32. The van der Waals surface area contributed by atoms with Crippen LogP contribution in [0.5, 0.6) is 5.75 Å². The number of carbonyl (C=O) groups is 1. The average molecular weight is 246 g/mol. The Morgan fingerprint density at radius 1 is 1.39 bits per heavy atom. The third kappa shape index (κ3) is 2.85. The Morgan fingerprint density at radius 3 is 2.83 bits per heavy atom. The maximum Gasteiger partial charge on any atom is 0.293 e. The Bertz CT molecular complexity index is 523. The van der Waals surface area contributed by atoms with Crippen molar-refractivity contribution in [3.63, 3.8) is 0 Å². The first-order valence-corrected chi connectivity index (χ1v) is 5.59. The molecule has 0 saturated carbocycles. The molecule has 0 atom stereocenters. The quantitative estimate of drug-likeness (QED) is 0.862. The summed E-state index contributed by atoms with van der Waals surface area (Å²) in [4.78, 5) is 15.6. The molecule has 0 aliphatic rings. The number of para-hydroxylation sites is 2. The number of amides is 1. The monoisotopic (exact) mass is 246 g/mol. The molecule has 1 aromatic heterocycles. The molecule has 0 spiro atoms. The Morgan fingerprint density at radius 2 is 2.17 bits per heavy atom. The molecule has 0 aliphatic carbocycles. The molecular weight excluding hydrogens is 232 g/mol. The molecule has 0 bridgehead atoms. The van der Waals surface area contributed by atoms with Crippen molar-refractivity contribution in [1.29, 1.82) is 0 Å². The van der Waals surface area contributed by atoms with Gasteiger partial charge in [0.2, 0.25) is 5.82 Å². The number of hydrogen-bond donors (Lipinski definition) is 2. The van der Waals surface area contributed by atoms with Crippen molar-refractivity contribution in [2.45, 2.75) is 20.0 Å². The lowest BCUT2D eigenvalue weighted by Gasteiger charge is -2.14. The maximum absolute atomic E-state index is 11.8. The van der Waals surface area contributed by atoms with Crippen LogP contribution in [0.4, 0.5) is 5.69 Å². The topological polar surface area (TPSA) is 79.9 Å². The summed E-state index contributed by atoms with van der Waals surface area (Å²) in [5, 5.41) is 8.85. The minimum absolute atomic E-state index is 0.0355. The number of carbonyl (C=O) groups excluding carboxylic acids is 1. The molecule has 18 heavy (non-hydrogen) atoms. The summed E-state index contributed by atoms with van der Waals surface area (Å²) >= 11 is 0. The fourth-order valence-corrected chi connectivity index (χ4v) is 1.42. The summed E-state index contributed by atoms with van der Waals surface area (Å²) in [6.45, 7) is 3.85. The van der Waals surface area contributed by atoms with Gasteiger partial charge in [-0.2, -0.15) is 5.10 Å². The van der Waals surface area contributed by atoms with E-state index in [1.54, 1.807) is 12.1 Å². The average Bonchev–Trinajstić information content (AvgIpc) is 2.84. The number of rotatable bonds is 4. The normalized spacial score (nSPS) is 10.4. The van der Waals surface area contributed by atoms with Gasteiger partial charge in [0.15, 0.2) is 0 Å². The van der Waals surface area contributed by atoms with Crippen LogP contribution in [0.25, 0.3) is 0 Å². The number of H-pyrrole nitrogens is 1. The molecule has 1 amide bonds. The highest BCUT2D eigenvalue weighted by Crippen LogP contribution is 2.25. The molecule has 0 radical (unpaired) electrons. The van der Waals surface area contributed by atoms with Gasteiger partial charge in [0.1, 0.15) is 12.1 Å². The highest BCUT2D eigenvalue weighted by molar-refractivity contribution is 6.02. The Kier molecular flexibility index (Phi) is 3.57. The van der Waals surface area contributed by atoms with Gasteiger partial charge < -0.3 is 10.1 Å². The van der Waals surface area contributed by atoms with Gasteiger partial charge in [-0.3, -0.25) is 9.89 Å². The van der Waals surface area contributed by atoms with Gasteiger partial charge in [0.25, 0.3) is 5.91 Å². The lowest BCUT2D eigenvalue weighted by atomic mass is 10.3.